The molecule has 1 amide bonds. The molecule has 7 heteroatoms. The molecule has 1 unspecified atom stereocenters. The molecule has 0 N–H and O–H groups in total. The maximum absolute atomic E-state index is 13.9. The van der Waals surface area contributed by atoms with Gasteiger partial charge in [-0.3, -0.25) is 4.79 Å². The summed E-state index contributed by atoms with van der Waals surface area (Å²) in [7, 11) is -3.56. The predicted molar refractivity (Wildman–Crippen MR) is 88.9 cm³/mol. The lowest BCUT2D eigenvalue weighted by atomic mass is 10.1. The molecule has 1 aliphatic heterocycles. The van der Waals surface area contributed by atoms with Gasteiger partial charge in [0.25, 0.3) is 5.91 Å². The zero-order valence-corrected chi connectivity index (χ0v) is 14.2. The van der Waals surface area contributed by atoms with E-state index in [0.29, 0.717) is 25.5 Å². The van der Waals surface area contributed by atoms with Crippen LogP contribution in [0.2, 0.25) is 0 Å². The van der Waals surface area contributed by atoms with Gasteiger partial charge in [-0.15, -0.1) is 0 Å². The van der Waals surface area contributed by atoms with Crippen molar-refractivity contribution in [3.8, 4) is 0 Å². The van der Waals surface area contributed by atoms with Crippen molar-refractivity contribution >= 4 is 15.7 Å². The molecule has 1 aliphatic rings. The highest BCUT2D eigenvalue weighted by Gasteiger charge is 2.34. The molecule has 2 aromatic carbocycles. The van der Waals surface area contributed by atoms with Gasteiger partial charge in [0.15, 0.2) is 9.84 Å². The third-order valence-corrected chi connectivity index (χ3v) is 6.13. The average Bonchev–Trinajstić information content (AvgIpc) is 3.02. The fourth-order valence-corrected chi connectivity index (χ4v) is 4.69. The van der Waals surface area contributed by atoms with E-state index in [9.17, 15) is 22.0 Å². The van der Waals surface area contributed by atoms with Gasteiger partial charge in [0.2, 0.25) is 0 Å². The van der Waals surface area contributed by atoms with Crippen LogP contribution in [0.15, 0.2) is 53.4 Å². The van der Waals surface area contributed by atoms with Crippen LogP contribution < -0.4 is 0 Å². The molecule has 0 spiro atoms. The third-order valence-electron chi connectivity index (χ3n) is 4.31. The molecule has 132 valence electrons. The second kappa shape index (κ2) is 6.92. The minimum Gasteiger partial charge on any atom is -0.335 e. The largest absolute Gasteiger partial charge is 0.335 e. The second-order valence-corrected chi connectivity index (χ2v) is 8.05. The van der Waals surface area contributed by atoms with Gasteiger partial charge < -0.3 is 4.90 Å². The Labute approximate surface area is 145 Å². The molecule has 2 aromatic rings. The molecule has 25 heavy (non-hydrogen) atoms. The summed E-state index contributed by atoms with van der Waals surface area (Å²) in [6.45, 7) is 0.352. The normalized spacial score (nSPS) is 17.7. The van der Waals surface area contributed by atoms with Gasteiger partial charge in [-0.25, -0.2) is 17.2 Å². The molecule has 0 radical (unpaired) electrons. The smallest absolute Gasteiger partial charge is 0.257 e. The second-order valence-electron chi connectivity index (χ2n) is 6.01. The van der Waals surface area contributed by atoms with Crippen LogP contribution in [0.3, 0.4) is 0 Å². The van der Waals surface area contributed by atoms with Crippen molar-refractivity contribution in [3.05, 3.63) is 65.7 Å². The molecule has 0 bridgehead atoms. The molecule has 0 aliphatic carbocycles. The highest BCUT2D eigenvalue weighted by atomic mass is 32.2. The first-order chi connectivity index (χ1) is 11.9. The van der Waals surface area contributed by atoms with E-state index in [-0.39, 0.29) is 16.2 Å². The SMILES string of the molecule is O=C(c1ccc(F)cc1F)N1CCCC1CS(=O)(=O)c1ccccc1. The summed E-state index contributed by atoms with van der Waals surface area (Å²) in [5, 5.41) is 0. The minimum absolute atomic E-state index is 0.197. The van der Waals surface area contributed by atoms with Crippen LogP contribution in [0, 0.1) is 11.6 Å². The van der Waals surface area contributed by atoms with E-state index in [1.54, 1.807) is 18.2 Å². The first-order valence-corrected chi connectivity index (χ1v) is 9.57. The van der Waals surface area contributed by atoms with Gasteiger partial charge in [0.05, 0.1) is 16.2 Å². The number of halogens is 2. The summed E-state index contributed by atoms with van der Waals surface area (Å²) in [5.41, 5.74) is -0.245. The van der Waals surface area contributed by atoms with Crippen LogP contribution in [-0.4, -0.2) is 37.6 Å². The van der Waals surface area contributed by atoms with Crippen molar-refractivity contribution in [2.75, 3.05) is 12.3 Å². The topological polar surface area (TPSA) is 54.5 Å². The molecule has 1 saturated heterocycles. The highest BCUT2D eigenvalue weighted by Crippen LogP contribution is 2.25. The van der Waals surface area contributed by atoms with Crippen molar-refractivity contribution in [1.82, 2.24) is 4.90 Å². The number of nitrogens with zero attached hydrogens (tertiary/aromatic N) is 1. The summed E-state index contributed by atoms with van der Waals surface area (Å²) < 4.78 is 52.0. The highest BCUT2D eigenvalue weighted by molar-refractivity contribution is 7.91. The molecule has 1 heterocycles. The van der Waals surface area contributed by atoms with Crippen LogP contribution in [0.1, 0.15) is 23.2 Å². The van der Waals surface area contributed by atoms with Gasteiger partial charge >= 0.3 is 0 Å². The molecule has 3 rings (SSSR count). The zero-order valence-electron chi connectivity index (χ0n) is 13.4. The molecular weight excluding hydrogens is 348 g/mol. The number of hydrogen-bond donors (Lipinski definition) is 0. The Morgan fingerprint density at radius 2 is 1.84 bits per heavy atom. The van der Waals surface area contributed by atoms with Crippen molar-refractivity contribution in [2.24, 2.45) is 0 Å². The van der Waals surface area contributed by atoms with Crippen LogP contribution in [0.4, 0.5) is 8.78 Å². The average molecular weight is 365 g/mol. The number of likely N-dealkylation sites (tertiary alicyclic amines) is 1. The lowest BCUT2D eigenvalue weighted by molar-refractivity contribution is 0.0744. The first kappa shape index (κ1) is 17.5. The number of carbonyl (C=O) groups excluding carboxylic acids is 1. The fourth-order valence-electron chi connectivity index (χ4n) is 3.07. The van der Waals surface area contributed by atoms with Gasteiger partial charge in [-0.1, -0.05) is 18.2 Å². The van der Waals surface area contributed by atoms with E-state index >= 15 is 0 Å². The standard InChI is InChI=1S/C18H17F2NO3S/c19-13-8-9-16(17(20)11-13)18(22)21-10-4-5-14(21)12-25(23,24)15-6-2-1-3-7-15/h1-3,6-9,11,14H,4-5,10,12H2. The first-order valence-electron chi connectivity index (χ1n) is 7.92. The van der Waals surface area contributed by atoms with E-state index < -0.39 is 33.4 Å². The predicted octanol–water partition coefficient (Wildman–Crippen LogP) is 3.04. The van der Waals surface area contributed by atoms with E-state index in [2.05, 4.69) is 0 Å². The van der Waals surface area contributed by atoms with Gasteiger partial charge in [-0.05, 0) is 37.1 Å². The Morgan fingerprint density at radius 3 is 2.52 bits per heavy atom. The number of rotatable bonds is 4. The van der Waals surface area contributed by atoms with E-state index in [4.69, 9.17) is 0 Å². The third kappa shape index (κ3) is 3.71. The van der Waals surface area contributed by atoms with Gasteiger partial charge in [0.1, 0.15) is 11.6 Å². The molecular formula is C18H17F2NO3S. The van der Waals surface area contributed by atoms with Crippen LogP contribution in [-0.2, 0) is 9.84 Å². The van der Waals surface area contributed by atoms with Crippen LogP contribution in [0.5, 0.6) is 0 Å². The monoisotopic (exact) mass is 365 g/mol. The number of carbonyl (C=O) groups is 1. The Hall–Kier alpha value is -2.28. The fraction of sp³-hybridized carbons (Fsp3) is 0.278. The summed E-state index contributed by atoms with van der Waals surface area (Å²) in [4.78, 5) is 14.1. The van der Waals surface area contributed by atoms with Crippen molar-refractivity contribution in [2.45, 2.75) is 23.8 Å². The zero-order chi connectivity index (χ0) is 18.0. The molecule has 0 aromatic heterocycles. The number of amides is 1. The lowest BCUT2D eigenvalue weighted by Gasteiger charge is -2.25. The summed E-state index contributed by atoms with van der Waals surface area (Å²) >= 11 is 0. The maximum atomic E-state index is 13.9. The number of hydrogen-bond acceptors (Lipinski definition) is 3. The summed E-state index contributed by atoms with van der Waals surface area (Å²) in [6.07, 6.45) is 1.17. The lowest BCUT2D eigenvalue weighted by Crippen LogP contribution is -2.40. The Bertz CT molecular complexity index is 884. The Balaban J connectivity index is 1.82. The van der Waals surface area contributed by atoms with Crippen molar-refractivity contribution in [3.63, 3.8) is 0 Å². The number of sulfone groups is 1. The van der Waals surface area contributed by atoms with Crippen LogP contribution >= 0.6 is 0 Å². The van der Waals surface area contributed by atoms with Gasteiger partial charge in [0, 0.05) is 18.7 Å². The molecule has 0 saturated carbocycles. The van der Waals surface area contributed by atoms with Crippen LogP contribution in [0.25, 0.3) is 0 Å². The van der Waals surface area contributed by atoms with Gasteiger partial charge in [-0.2, -0.15) is 0 Å². The summed E-state index contributed by atoms with van der Waals surface area (Å²) in [5.74, 6) is -2.53. The Morgan fingerprint density at radius 1 is 1.12 bits per heavy atom. The molecule has 1 atom stereocenters. The van der Waals surface area contributed by atoms with E-state index in [0.717, 1.165) is 12.1 Å². The molecule has 4 nitrogen and oxygen atoms in total. The van der Waals surface area contributed by atoms with Crippen molar-refractivity contribution < 1.29 is 22.0 Å². The minimum atomic E-state index is -3.56. The Kier molecular flexibility index (Phi) is 4.85. The quantitative estimate of drug-likeness (QED) is 0.837. The van der Waals surface area contributed by atoms with E-state index in [1.807, 2.05) is 0 Å². The van der Waals surface area contributed by atoms with E-state index in [1.165, 1.54) is 17.0 Å². The molecule has 1 fully saturated rings. The number of benzene rings is 2. The van der Waals surface area contributed by atoms with Crippen molar-refractivity contribution in [1.29, 1.82) is 0 Å². The summed E-state index contributed by atoms with van der Waals surface area (Å²) in [6, 6.07) is 10.3. The maximum Gasteiger partial charge on any atom is 0.257 e.